The van der Waals surface area contributed by atoms with Crippen molar-refractivity contribution in [3.63, 3.8) is 0 Å². The number of unbranched alkanes of at least 4 members (excludes halogenated alkanes) is 48. The fourth-order valence-electron chi connectivity index (χ4n) is 10.3. The Kier molecular flexibility index (Phi) is 58.9. The molecule has 0 radical (unpaired) electrons. The highest BCUT2D eigenvalue weighted by Crippen LogP contribution is 2.19. The van der Waals surface area contributed by atoms with Crippen LogP contribution < -0.4 is 0 Å². The average molecular weight is 1020 g/mol. The van der Waals surface area contributed by atoms with Crippen molar-refractivity contribution < 1.29 is 28.6 Å². The minimum absolute atomic E-state index is 0.0609. The third-order valence-corrected chi connectivity index (χ3v) is 15.3. The Balaban J connectivity index is 4.24. The molecule has 428 valence electrons. The number of rotatable bonds is 61. The zero-order valence-electron chi connectivity index (χ0n) is 49.4. The Morgan fingerprint density at radius 3 is 0.681 bits per heavy atom. The second kappa shape index (κ2) is 60.3. The van der Waals surface area contributed by atoms with Crippen LogP contribution in [0, 0.1) is 5.92 Å². The highest BCUT2D eigenvalue weighted by atomic mass is 16.6. The molecule has 0 spiro atoms. The van der Waals surface area contributed by atoms with Gasteiger partial charge in [0.25, 0.3) is 0 Å². The van der Waals surface area contributed by atoms with Crippen molar-refractivity contribution in [2.24, 2.45) is 5.92 Å². The quantitative estimate of drug-likeness (QED) is 0.0343. The number of hydrogen-bond donors (Lipinski definition) is 0. The molecule has 1 atom stereocenters. The lowest BCUT2D eigenvalue weighted by Crippen LogP contribution is -2.30. The predicted molar refractivity (Wildman–Crippen MR) is 312 cm³/mol. The first-order valence-corrected chi connectivity index (χ1v) is 32.9. The monoisotopic (exact) mass is 1020 g/mol. The molecule has 0 bridgehead atoms. The van der Waals surface area contributed by atoms with Gasteiger partial charge < -0.3 is 14.2 Å². The minimum atomic E-state index is -0.763. The molecule has 6 heteroatoms. The lowest BCUT2D eigenvalue weighted by atomic mass is 10.0. The molecule has 0 heterocycles. The topological polar surface area (TPSA) is 78.9 Å². The normalized spacial score (nSPS) is 12.0. The van der Waals surface area contributed by atoms with Crippen LogP contribution in [0.1, 0.15) is 381 Å². The number of carbonyl (C=O) groups excluding carboxylic acids is 3. The summed E-state index contributed by atoms with van der Waals surface area (Å²) < 4.78 is 17.0. The van der Waals surface area contributed by atoms with Gasteiger partial charge in [-0.25, -0.2) is 0 Å². The molecule has 0 aromatic carbocycles. The van der Waals surface area contributed by atoms with Gasteiger partial charge in [0.15, 0.2) is 6.10 Å². The number of esters is 3. The summed E-state index contributed by atoms with van der Waals surface area (Å²) in [6, 6.07) is 0. The smallest absolute Gasteiger partial charge is 0.306 e. The van der Waals surface area contributed by atoms with Crippen molar-refractivity contribution in [1.29, 1.82) is 0 Å². The first kappa shape index (κ1) is 70.4. The van der Waals surface area contributed by atoms with Crippen molar-refractivity contribution in [2.75, 3.05) is 13.2 Å². The third kappa shape index (κ3) is 59.3. The zero-order valence-corrected chi connectivity index (χ0v) is 49.4. The van der Waals surface area contributed by atoms with Crippen LogP contribution in [0.15, 0.2) is 0 Å². The fraction of sp³-hybridized carbons (Fsp3) is 0.955. The van der Waals surface area contributed by atoms with Crippen LogP contribution in [-0.4, -0.2) is 37.2 Å². The van der Waals surface area contributed by atoms with E-state index in [1.807, 2.05) is 0 Å². The molecule has 0 aromatic rings. The van der Waals surface area contributed by atoms with Crippen LogP contribution in [0.2, 0.25) is 0 Å². The molecule has 0 aliphatic carbocycles. The van der Waals surface area contributed by atoms with Crippen LogP contribution in [0.3, 0.4) is 0 Å². The minimum Gasteiger partial charge on any atom is -0.462 e. The van der Waals surface area contributed by atoms with E-state index >= 15 is 0 Å². The molecule has 0 rings (SSSR count). The summed E-state index contributed by atoms with van der Waals surface area (Å²) >= 11 is 0. The number of ether oxygens (including phenoxy) is 3. The molecule has 0 aliphatic heterocycles. The molecule has 0 aliphatic rings. The predicted octanol–water partition coefficient (Wildman–Crippen LogP) is 22.1. The molecule has 72 heavy (non-hydrogen) atoms. The lowest BCUT2D eigenvalue weighted by Gasteiger charge is -2.18. The van der Waals surface area contributed by atoms with Crippen molar-refractivity contribution in [3.05, 3.63) is 0 Å². The van der Waals surface area contributed by atoms with E-state index < -0.39 is 6.10 Å². The highest BCUT2D eigenvalue weighted by Gasteiger charge is 2.19. The summed E-state index contributed by atoms with van der Waals surface area (Å²) in [6.07, 6.45) is 68.2. The first-order valence-electron chi connectivity index (χ1n) is 32.9. The van der Waals surface area contributed by atoms with Gasteiger partial charge in [0.2, 0.25) is 0 Å². The Hall–Kier alpha value is -1.59. The van der Waals surface area contributed by atoms with Crippen LogP contribution in [0.25, 0.3) is 0 Å². The van der Waals surface area contributed by atoms with Crippen LogP contribution in [-0.2, 0) is 28.6 Å². The summed E-state index contributed by atoms with van der Waals surface area (Å²) in [7, 11) is 0. The van der Waals surface area contributed by atoms with Gasteiger partial charge in [0, 0.05) is 19.3 Å². The molecule has 0 fully saturated rings. The van der Waals surface area contributed by atoms with Gasteiger partial charge in [-0.3, -0.25) is 14.4 Å². The maximum Gasteiger partial charge on any atom is 0.306 e. The zero-order chi connectivity index (χ0) is 52.3. The van der Waals surface area contributed by atoms with Crippen molar-refractivity contribution in [2.45, 2.75) is 387 Å². The van der Waals surface area contributed by atoms with Crippen LogP contribution in [0.5, 0.6) is 0 Å². The van der Waals surface area contributed by atoms with E-state index in [1.54, 1.807) is 0 Å². The Bertz CT molecular complexity index is 1090. The second-order valence-electron chi connectivity index (χ2n) is 23.2. The highest BCUT2D eigenvalue weighted by molar-refractivity contribution is 5.71. The van der Waals surface area contributed by atoms with E-state index in [4.69, 9.17) is 14.2 Å². The average Bonchev–Trinajstić information content (AvgIpc) is 3.37. The van der Waals surface area contributed by atoms with Crippen molar-refractivity contribution in [1.82, 2.24) is 0 Å². The van der Waals surface area contributed by atoms with Crippen molar-refractivity contribution >= 4 is 17.9 Å². The van der Waals surface area contributed by atoms with E-state index in [-0.39, 0.29) is 31.1 Å². The van der Waals surface area contributed by atoms with Crippen molar-refractivity contribution in [3.8, 4) is 0 Å². The van der Waals surface area contributed by atoms with Gasteiger partial charge in [-0.05, 0) is 25.2 Å². The molecule has 0 saturated carbocycles. The van der Waals surface area contributed by atoms with Crippen LogP contribution in [0.4, 0.5) is 0 Å². The van der Waals surface area contributed by atoms with E-state index in [9.17, 15) is 14.4 Å². The molecule has 0 saturated heterocycles. The number of carbonyl (C=O) groups is 3. The molecular formula is C66H128O6. The maximum absolute atomic E-state index is 12.9. The number of hydrogen-bond acceptors (Lipinski definition) is 6. The van der Waals surface area contributed by atoms with Gasteiger partial charge in [0.05, 0.1) is 0 Å². The van der Waals surface area contributed by atoms with E-state index in [2.05, 4.69) is 27.7 Å². The summed E-state index contributed by atoms with van der Waals surface area (Å²) in [6.45, 7) is 9.11. The molecule has 0 amide bonds. The van der Waals surface area contributed by atoms with Gasteiger partial charge in [0.1, 0.15) is 13.2 Å². The van der Waals surface area contributed by atoms with Gasteiger partial charge in [-0.15, -0.1) is 0 Å². The van der Waals surface area contributed by atoms with E-state index in [0.29, 0.717) is 19.3 Å². The largest absolute Gasteiger partial charge is 0.462 e. The first-order chi connectivity index (χ1) is 35.4. The Morgan fingerprint density at radius 2 is 0.458 bits per heavy atom. The van der Waals surface area contributed by atoms with Gasteiger partial charge in [-0.1, -0.05) is 342 Å². The Morgan fingerprint density at radius 1 is 0.264 bits per heavy atom. The van der Waals surface area contributed by atoms with Gasteiger partial charge >= 0.3 is 17.9 Å². The lowest BCUT2D eigenvalue weighted by molar-refractivity contribution is -0.167. The molecule has 0 aromatic heterocycles. The van der Waals surface area contributed by atoms with E-state index in [1.165, 1.54) is 276 Å². The standard InChI is InChI=1S/C66H128O6/c1-5-7-9-11-13-15-17-19-21-22-23-27-30-34-37-41-45-49-53-57-64(67)70-60-63(72-66(69)59-55-51-47-43-39-33-20-18-16-14-12-10-8-6-2)61-71-65(68)58-54-50-46-42-38-35-31-28-25-24-26-29-32-36-40-44-48-52-56-62(3)4/h62-63H,5-61H2,1-4H3/t63-/m0/s1. The Labute approximate surface area is 450 Å². The summed E-state index contributed by atoms with van der Waals surface area (Å²) in [5, 5.41) is 0. The molecule has 0 unspecified atom stereocenters. The van der Waals surface area contributed by atoms with Crippen LogP contribution >= 0.6 is 0 Å². The molecular weight excluding hydrogens is 889 g/mol. The van der Waals surface area contributed by atoms with Gasteiger partial charge in [-0.2, -0.15) is 0 Å². The summed E-state index contributed by atoms with van der Waals surface area (Å²) in [5.41, 5.74) is 0. The summed E-state index contributed by atoms with van der Waals surface area (Å²) in [4.78, 5) is 38.3. The van der Waals surface area contributed by atoms with E-state index in [0.717, 1.165) is 63.7 Å². The summed E-state index contributed by atoms with van der Waals surface area (Å²) in [5.74, 6) is 0.0337. The maximum atomic E-state index is 12.9. The SMILES string of the molecule is CCCCCCCCCCCCCCCCCCCCCC(=O)OC[C@@H](COC(=O)CCCCCCCCCCCCCCCCCCCCC(C)C)OC(=O)CCCCCCCCCCCCCCCC. The molecule has 6 nitrogen and oxygen atoms in total. The fourth-order valence-corrected chi connectivity index (χ4v) is 10.3. The molecule has 0 N–H and O–H groups in total. The second-order valence-corrected chi connectivity index (χ2v) is 23.2. The third-order valence-electron chi connectivity index (χ3n) is 15.3.